The average molecular weight is 1470 g/mol. The van der Waals surface area contributed by atoms with Crippen molar-refractivity contribution in [3.05, 3.63) is 148 Å². The molecular weight excluding hydrogens is 1390 g/mol. The summed E-state index contributed by atoms with van der Waals surface area (Å²) in [4.78, 5) is 115. The molecule has 3 spiro atoms. The number of para-hydroxylation sites is 3. The van der Waals surface area contributed by atoms with E-state index in [1.807, 2.05) is 67.6 Å². The molecule has 23 nitrogen and oxygen atoms in total. The van der Waals surface area contributed by atoms with Crippen molar-refractivity contribution in [1.29, 1.82) is 0 Å². The first-order valence-electron chi connectivity index (χ1n) is 36.1. The van der Waals surface area contributed by atoms with Gasteiger partial charge in [0.2, 0.25) is 23.7 Å². The molecule has 3 aromatic heterocycles. The molecule has 6 aromatic rings. The van der Waals surface area contributed by atoms with E-state index >= 15 is 0 Å². The van der Waals surface area contributed by atoms with Gasteiger partial charge >= 0.3 is 17.9 Å². The molecule has 3 aromatic carbocycles. The van der Waals surface area contributed by atoms with Gasteiger partial charge in [0.15, 0.2) is 5.82 Å². The molecule has 3 saturated carbocycles. The maximum atomic E-state index is 14.3. The predicted octanol–water partition coefficient (Wildman–Crippen LogP) is 8.47. The molecule has 12 aliphatic rings. The number of aliphatic hydroxyl groups excluding tert-OH is 3. The van der Waals surface area contributed by atoms with E-state index in [9.17, 15) is 44.1 Å². The third-order valence-corrected chi connectivity index (χ3v) is 26.7. The highest BCUT2D eigenvalue weighted by atomic mass is 79.9. The van der Waals surface area contributed by atoms with Crippen LogP contribution in [0.2, 0.25) is 5.15 Å². The number of piperidine rings is 3. The van der Waals surface area contributed by atoms with Gasteiger partial charge in [-0.05, 0) is 202 Å². The number of aliphatic hydroxyl groups is 3. The van der Waals surface area contributed by atoms with Crippen LogP contribution in [0.1, 0.15) is 99.4 Å². The number of hydrogen-bond donors (Lipinski definition) is 3. The maximum absolute atomic E-state index is 14.3. The molecule has 9 fully saturated rings. The number of amides is 3. The van der Waals surface area contributed by atoms with Crippen molar-refractivity contribution in [2.24, 2.45) is 53.3 Å². The number of pyridine rings is 1. The standard InChI is InChI=1S/C26H28ClN3O4.C26H30N4O4.C25H27BrN4O4/c1-34-24(32)23-17-12-21-26(10-11-29(21)14-15(17)6-8-20(23)31)18-4-2-3-5-19(18)30(25(26)33)16-7-9-22(27)28-13-16;1-15-12-27-13-22(28-15)30-19-6-4-3-5-18(19)26(25(30)33)9-10-29-14-16-7-8-20(31)23(24(32)34-2)17(16)11-21(26)29;1-34-22(32)21-16-10-20-25(8-9-29(20)13-14(16)6-7-19(21)31)17-4-2-3-5-18(17)30(23(25)33)24-27-11-15(26)12-28-24/h2-5,7,9,13,15,17,20-21,23,31H,6,8,10-12,14H2,1H3;3-6,12-13,16-17,20-21,23,31H,7-11,14H2,1-2H3;2-5,11-12,14,16,19-21,31H,6-10,13H2,1H3/t15-,17-,20-,21-,23+,26-;16-,17-,20-,21-,23+,26-;14-,16-,19-,20-,21+,25-/m000/s1. The summed E-state index contributed by atoms with van der Waals surface area (Å²) in [7, 11) is 4.17. The summed E-state index contributed by atoms with van der Waals surface area (Å²) in [5, 5.41) is 32.6. The maximum Gasteiger partial charge on any atom is 0.311 e. The summed E-state index contributed by atoms with van der Waals surface area (Å²) in [6, 6.07) is 27.3. The first-order valence-corrected chi connectivity index (χ1v) is 37.2. The van der Waals surface area contributed by atoms with Crippen molar-refractivity contribution in [3.8, 4) is 0 Å². The van der Waals surface area contributed by atoms with E-state index < -0.39 is 52.3 Å². The minimum Gasteiger partial charge on any atom is -0.469 e. The van der Waals surface area contributed by atoms with Crippen molar-refractivity contribution in [3.63, 3.8) is 0 Å². The van der Waals surface area contributed by atoms with Crippen LogP contribution in [0.3, 0.4) is 0 Å². The second-order valence-corrected chi connectivity index (χ2v) is 31.6. The van der Waals surface area contributed by atoms with Crippen LogP contribution in [0.5, 0.6) is 0 Å². The van der Waals surface area contributed by atoms with Crippen molar-refractivity contribution >= 4 is 97.7 Å². The van der Waals surface area contributed by atoms with Crippen LogP contribution in [0.25, 0.3) is 0 Å². The van der Waals surface area contributed by atoms with Crippen LogP contribution in [0.4, 0.5) is 34.5 Å². The lowest BCUT2D eigenvalue weighted by molar-refractivity contribution is -0.161. The van der Waals surface area contributed by atoms with Gasteiger partial charge < -0.3 is 29.5 Å². The number of benzene rings is 3. The molecule has 102 heavy (non-hydrogen) atoms. The smallest absolute Gasteiger partial charge is 0.311 e. The number of carbonyl (C=O) groups is 6. The Balaban J connectivity index is 0.000000118. The monoisotopic (exact) mass is 1470 g/mol. The van der Waals surface area contributed by atoms with Gasteiger partial charge in [0.1, 0.15) is 5.15 Å². The fourth-order valence-corrected chi connectivity index (χ4v) is 22.0. The largest absolute Gasteiger partial charge is 0.469 e. The number of aryl methyl sites for hydroxylation is 1. The second-order valence-electron chi connectivity index (χ2n) is 30.3. The second kappa shape index (κ2) is 26.8. The van der Waals surface area contributed by atoms with E-state index in [0.29, 0.717) is 85.3 Å². The van der Waals surface area contributed by atoms with Crippen LogP contribution in [0.15, 0.2) is 120 Å². The van der Waals surface area contributed by atoms with Gasteiger partial charge in [-0.3, -0.25) is 58.3 Å². The highest BCUT2D eigenvalue weighted by molar-refractivity contribution is 9.10. The van der Waals surface area contributed by atoms with Gasteiger partial charge in [-0.2, -0.15) is 0 Å². The Kier molecular flexibility index (Phi) is 18.0. The van der Waals surface area contributed by atoms with Crippen LogP contribution in [0, 0.1) is 60.2 Å². The van der Waals surface area contributed by atoms with Crippen LogP contribution >= 0.6 is 27.5 Å². The van der Waals surface area contributed by atoms with Crippen molar-refractivity contribution in [1.82, 2.24) is 39.6 Å². The number of anilines is 6. The van der Waals surface area contributed by atoms with Crippen LogP contribution in [-0.4, -0.2) is 188 Å². The van der Waals surface area contributed by atoms with Crippen molar-refractivity contribution < 1.29 is 58.3 Å². The molecule has 3 aliphatic carbocycles. The SMILES string of the molecule is COC(=O)[C@@H]1[C@H]2C[C@@H]3N(CC[C@@]34C(=O)N(c3ccc(Cl)nc3)c3ccccc34)C[C@@H]2CC[C@@H]1O.COC(=O)[C@@H]1[C@H]2C[C@@H]3N(CC[C@@]34C(=O)N(c3cncc(C)n3)c3ccccc34)C[C@@H]2CC[C@@H]1O.COC(=O)[C@@H]1[C@H]2C[C@@H]3N(CC[C@@]34C(=O)N(c3ncc(Br)cn3)c3ccccc34)C[C@@H]2CC[C@@H]1O. The Morgan fingerprint density at radius 2 is 0.892 bits per heavy atom. The third-order valence-electron chi connectivity index (χ3n) is 26.0. The van der Waals surface area contributed by atoms with Gasteiger partial charge in [0.25, 0.3) is 0 Å². The summed E-state index contributed by atoms with van der Waals surface area (Å²) in [6.07, 6.45) is 14.9. The van der Waals surface area contributed by atoms with E-state index in [-0.39, 0.29) is 71.5 Å². The third kappa shape index (κ3) is 10.7. The molecule has 6 saturated heterocycles. The molecule has 12 heterocycles. The highest BCUT2D eigenvalue weighted by Crippen LogP contribution is 2.61. The Morgan fingerprint density at radius 1 is 0.500 bits per heavy atom. The zero-order valence-corrected chi connectivity index (χ0v) is 59.9. The topological polar surface area (TPSA) is 275 Å². The molecule has 0 unspecified atom stereocenters. The number of aromatic nitrogens is 5. The molecule has 534 valence electrons. The Morgan fingerprint density at radius 3 is 1.29 bits per heavy atom. The van der Waals surface area contributed by atoms with Crippen LogP contribution in [-0.2, 0) is 59.2 Å². The highest BCUT2D eigenvalue weighted by Gasteiger charge is 2.67. The van der Waals surface area contributed by atoms with Gasteiger partial charge in [-0.1, -0.05) is 66.2 Å². The number of carbonyl (C=O) groups excluding carboxylic acids is 6. The van der Waals surface area contributed by atoms with Gasteiger partial charge in [-0.25, -0.2) is 24.8 Å². The quantitative estimate of drug-likeness (QED) is 0.0801. The predicted molar refractivity (Wildman–Crippen MR) is 379 cm³/mol. The van der Waals surface area contributed by atoms with E-state index in [4.69, 9.17) is 25.8 Å². The minimum absolute atomic E-state index is 0.000184. The summed E-state index contributed by atoms with van der Waals surface area (Å²) in [6.45, 7) is 6.90. The van der Waals surface area contributed by atoms with E-state index in [0.717, 1.165) is 115 Å². The van der Waals surface area contributed by atoms with Gasteiger partial charge in [0.05, 0.1) is 119 Å². The number of methoxy groups -OCH3 is 3. The lowest BCUT2D eigenvalue weighted by Gasteiger charge is -2.50. The lowest BCUT2D eigenvalue weighted by Crippen LogP contribution is -2.58. The molecule has 0 bridgehead atoms. The Hall–Kier alpha value is -7.68. The number of esters is 3. The molecule has 0 radical (unpaired) electrons. The molecule has 18 atom stereocenters. The fourth-order valence-electron chi connectivity index (χ4n) is 21.7. The van der Waals surface area contributed by atoms with Crippen LogP contribution < -0.4 is 14.7 Å². The van der Waals surface area contributed by atoms with Crippen molar-refractivity contribution in [2.45, 2.75) is 137 Å². The van der Waals surface area contributed by atoms with Gasteiger partial charge in [0, 0.05) is 56.4 Å². The molecule has 25 heteroatoms. The number of nitrogens with zero attached hydrogens (tertiary/aromatic N) is 11. The fraction of sp³-hybridized carbons (Fsp3) is 0.519. The number of rotatable bonds is 6. The zero-order valence-electron chi connectivity index (χ0n) is 57.5. The van der Waals surface area contributed by atoms with E-state index in [1.54, 1.807) is 51.8 Å². The number of hydrogen-bond acceptors (Lipinski definition) is 20. The Bertz CT molecular complexity index is 4120. The number of ether oxygens (including phenoxy) is 3. The minimum atomic E-state index is -0.721. The average Bonchev–Trinajstić information content (AvgIpc) is 1.55. The first kappa shape index (κ1) is 68.7. The molecule has 18 rings (SSSR count). The number of fused-ring (bicyclic) bond motifs is 15. The number of halogens is 2. The van der Waals surface area contributed by atoms with E-state index in [1.165, 1.54) is 21.3 Å². The summed E-state index contributed by atoms with van der Waals surface area (Å²) in [5.41, 5.74) is 4.99. The van der Waals surface area contributed by atoms with E-state index in [2.05, 4.69) is 73.7 Å². The summed E-state index contributed by atoms with van der Waals surface area (Å²) < 4.78 is 16.0. The lowest BCUT2D eigenvalue weighted by atomic mass is 9.62. The molecule has 3 N–H and O–H groups in total. The molecule has 9 aliphatic heterocycles. The van der Waals surface area contributed by atoms with Crippen molar-refractivity contribution in [2.75, 3.05) is 75.3 Å². The zero-order chi connectivity index (χ0) is 70.8. The van der Waals surface area contributed by atoms with Gasteiger partial charge in [-0.15, -0.1) is 0 Å². The molecular formula is C77H85BrClN11O12. The summed E-state index contributed by atoms with van der Waals surface area (Å²) in [5.74, 6) is -0.687. The normalized spacial score (nSPS) is 34.6. The molecule has 3 amide bonds. The first-order chi connectivity index (χ1) is 49.4. The Labute approximate surface area is 605 Å². The summed E-state index contributed by atoms with van der Waals surface area (Å²) >= 11 is 9.39.